The van der Waals surface area contributed by atoms with Crippen LogP contribution in [0.4, 0.5) is 17.1 Å². The molecule has 1 nitrogen and oxygen atoms in total. The van der Waals surface area contributed by atoms with Crippen LogP contribution in [-0.2, 0) is 10.8 Å². The number of hydrogen-bond acceptors (Lipinski definition) is 1. The first-order valence-corrected chi connectivity index (χ1v) is 23.7. The molecule has 0 fully saturated rings. The lowest BCUT2D eigenvalue weighted by Gasteiger charge is -2.34. The average Bonchev–Trinajstić information content (AvgIpc) is 3.93. The SMILES string of the molecule is CC1(C)c2ccccc2-c2ccc(N(c3ccc(C4=CCCC(C5=CC6=C(CC5)c5ccccc5C65C6=C(CCC=C6)c6ccccc65)=C4)cc3)c3ccc(-c4ccccc4)cc3)cc21. The van der Waals surface area contributed by atoms with E-state index in [1.165, 1.54) is 94.8 Å². The number of nitrogens with zero attached hydrogens (tertiary/aromatic N) is 1. The van der Waals surface area contributed by atoms with Crippen LogP contribution in [-0.4, -0.2) is 0 Å². The first kappa shape index (κ1) is 38.3. The van der Waals surface area contributed by atoms with Gasteiger partial charge in [-0.15, -0.1) is 0 Å². The molecule has 0 heterocycles. The highest BCUT2D eigenvalue weighted by Crippen LogP contribution is 2.64. The van der Waals surface area contributed by atoms with Crippen molar-refractivity contribution in [3.63, 3.8) is 0 Å². The van der Waals surface area contributed by atoms with Crippen molar-refractivity contribution in [3.8, 4) is 22.3 Å². The highest BCUT2D eigenvalue weighted by atomic mass is 15.1. The summed E-state index contributed by atoms with van der Waals surface area (Å²) in [4.78, 5) is 2.44. The van der Waals surface area contributed by atoms with Crippen LogP contribution in [0.25, 0.3) is 39.0 Å². The minimum absolute atomic E-state index is 0.0882. The van der Waals surface area contributed by atoms with E-state index in [0.29, 0.717) is 0 Å². The minimum Gasteiger partial charge on any atom is -0.310 e. The van der Waals surface area contributed by atoms with Gasteiger partial charge < -0.3 is 4.90 Å². The van der Waals surface area contributed by atoms with E-state index in [1.54, 1.807) is 11.1 Å². The van der Waals surface area contributed by atoms with Gasteiger partial charge in [0.15, 0.2) is 0 Å². The van der Waals surface area contributed by atoms with Gasteiger partial charge >= 0.3 is 0 Å². The van der Waals surface area contributed by atoms with Gasteiger partial charge in [0.1, 0.15) is 0 Å². The Balaban J connectivity index is 0.863. The molecule has 1 atom stereocenters. The summed E-state index contributed by atoms with van der Waals surface area (Å²) in [5, 5.41) is 0. The zero-order chi connectivity index (χ0) is 43.3. The van der Waals surface area contributed by atoms with Crippen LogP contribution in [0.2, 0.25) is 0 Å². The molecule has 1 heteroatoms. The van der Waals surface area contributed by atoms with Crippen LogP contribution in [0.15, 0.2) is 223 Å². The molecule has 0 aliphatic heterocycles. The third-order valence-corrected chi connectivity index (χ3v) is 15.6. The topological polar surface area (TPSA) is 3.24 Å². The molecular weight excluding hydrogens is 783 g/mol. The molecule has 0 radical (unpaired) electrons. The van der Waals surface area contributed by atoms with Crippen LogP contribution in [0, 0.1) is 0 Å². The lowest BCUT2D eigenvalue weighted by molar-refractivity contribution is 0.660. The van der Waals surface area contributed by atoms with Crippen LogP contribution >= 0.6 is 0 Å². The molecule has 65 heavy (non-hydrogen) atoms. The number of anilines is 3. The fourth-order valence-electron chi connectivity index (χ4n) is 12.6. The van der Waals surface area contributed by atoms with Gasteiger partial charge in [0.2, 0.25) is 0 Å². The Labute approximate surface area is 383 Å². The first-order valence-electron chi connectivity index (χ1n) is 23.7. The van der Waals surface area contributed by atoms with Crippen molar-refractivity contribution in [1.29, 1.82) is 0 Å². The Bertz CT molecular complexity index is 3290. The highest BCUT2D eigenvalue weighted by molar-refractivity contribution is 5.97. The number of benzene rings is 7. The number of allylic oxidation sites excluding steroid dienone is 12. The second-order valence-corrected chi connectivity index (χ2v) is 19.3. The van der Waals surface area contributed by atoms with Crippen LogP contribution < -0.4 is 4.90 Å². The van der Waals surface area contributed by atoms with E-state index in [2.05, 4.69) is 219 Å². The molecule has 6 aliphatic carbocycles. The molecule has 0 saturated carbocycles. The smallest absolute Gasteiger partial charge is 0.0719 e. The standard InChI is InChI=1S/C64H51N/c1-63(2)57-23-10-6-19-51(57)55-38-36-50(41-61(55)63)65(48-32-27-43(28-33-48)42-15-4-3-5-16-42)49-34-29-44(30-35-49)45-17-14-18-46(39-45)47-31-37-56-54-22-9-13-26-60(54)64(62(56)40-47)58-24-11-7-20-52(58)53-21-8-12-25-59(53)64/h3-7,9-13,15-17,19-20,22-30,32-36,38-41H,8,14,18,21,31,37H2,1-2H3. The van der Waals surface area contributed by atoms with Gasteiger partial charge in [-0.1, -0.05) is 178 Å². The summed E-state index contributed by atoms with van der Waals surface area (Å²) in [5.41, 5.74) is 28.6. The zero-order valence-electron chi connectivity index (χ0n) is 37.2. The van der Waals surface area contributed by atoms with Crippen LogP contribution in [0.3, 0.4) is 0 Å². The molecule has 13 rings (SSSR count). The molecule has 0 N–H and O–H groups in total. The lowest BCUT2D eigenvalue weighted by Crippen LogP contribution is -2.28. The Morgan fingerprint density at radius 3 is 1.71 bits per heavy atom. The van der Waals surface area contributed by atoms with Gasteiger partial charge in [-0.3, -0.25) is 0 Å². The molecule has 7 aromatic rings. The molecule has 1 unspecified atom stereocenters. The summed E-state index contributed by atoms with van der Waals surface area (Å²) in [6, 6.07) is 63.7. The van der Waals surface area contributed by atoms with Crippen molar-refractivity contribution in [3.05, 3.63) is 261 Å². The van der Waals surface area contributed by atoms with Gasteiger partial charge in [0, 0.05) is 22.5 Å². The third-order valence-electron chi connectivity index (χ3n) is 15.6. The molecule has 0 bridgehead atoms. The molecule has 1 spiro atoms. The van der Waals surface area contributed by atoms with Crippen LogP contribution in [0.1, 0.15) is 91.3 Å². The molecular formula is C64H51N. The average molecular weight is 834 g/mol. The molecule has 312 valence electrons. The van der Waals surface area contributed by atoms with Crippen LogP contribution in [0.5, 0.6) is 0 Å². The molecule has 6 aliphatic rings. The maximum atomic E-state index is 2.64. The van der Waals surface area contributed by atoms with Crippen molar-refractivity contribution in [1.82, 2.24) is 0 Å². The van der Waals surface area contributed by atoms with E-state index in [0.717, 1.165) is 49.9 Å². The van der Waals surface area contributed by atoms with Gasteiger partial charge in [0.25, 0.3) is 0 Å². The van der Waals surface area contributed by atoms with Gasteiger partial charge in [-0.05, 0) is 175 Å². The lowest BCUT2D eigenvalue weighted by atomic mass is 9.67. The van der Waals surface area contributed by atoms with Gasteiger partial charge in [0.05, 0.1) is 5.41 Å². The normalized spacial score (nSPS) is 19.4. The maximum absolute atomic E-state index is 2.64. The van der Waals surface area contributed by atoms with Crippen molar-refractivity contribution in [2.75, 3.05) is 4.90 Å². The number of rotatable bonds is 6. The largest absolute Gasteiger partial charge is 0.310 e. The molecule has 0 amide bonds. The Morgan fingerprint density at radius 2 is 0.985 bits per heavy atom. The summed E-state index contributed by atoms with van der Waals surface area (Å²) < 4.78 is 0. The molecule has 7 aromatic carbocycles. The van der Waals surface area contributed by atoms with Crippen molar-refractivity contribution in [2.45, 2.75) is 63.2 Å². The predicted octanol–water partition coefficient (Wildman–Crippen LogP) is 16.8. The zero-order valence-corrected chi connectivity index (χ0v) is 37.2. The Kier molecular flexibility index (Phi) is 8.63. The van der Waals surface area contributed by atoms with Gasteiger partial charge in [-0.25, -0.2) is 0 Å². The maximum Gasteiger partial charge on any atom is 0.0719 e. The summed E-state index contributed by atoms with van der Waals surface area (Å²) in [5.74, 6) is 0. The second-order valence-electron chi connectivity index (χ2n) is 19.3. The Morgan fingerprint density at radius 1 is 0.415 bits per heavy atom. The molecule has 0 aromatic heterocycles. The predicted molar refractivity (Wildman–Crippen MR) is 273 cm³/mol. The van der Waals surface area contributed by atoms with Crippen molar-refractivity contribution in [2.24, 2.45) is 0 Å². The third kappa shape index (κ3) is 5.71. The number of fused-ring (bicyclic) bond motifs is 11. The first-order chi connectivity index (χ1) is 32.0. The summed E-state index contributed by atoms with van der Waals surface area (Å²) in [6.07, 6.45) is 19.0. The van der Waals surface area contributed by atoms with E-state index in [4.69, 9.17) is 0 Å². The monoisotopic (exact) mass is 833 g/mol. The van der Waals surface area contributed by atoms with Crippen molar-refractivity contribution < 1.29 is 0 Å². The molecule has 0 saturated heterocycles. The van der Waals surface area contributed by atoms with E-state index in [9.17, 15) is 0 Å². The van der Waals surface area contributed by atoms with E-state index < -0.39 is 0 Å². The summed E-state index contributed by atoms with van der Waals surface area (Å²) in [6.45, 7) is 4.74. The van der Waals surface area contributed by atoms with E-state index in [1.807, 2.05) is 0 Å². The summed E-state index contributed by atoms with van der Waals surface area (Å²) in [7, 11) is 0. The van der Waals surface area contributed by atoms with E-state index >= 15 is 0 Å². The number of hydrogen-bond donors (Lipinski definition) is 0. The van der Waals surface area contributed by atoms with Gasteiger partial charge in [-0.2, -0.15) is 0 Å². The Hall–Kier alpha value is -7.22. The minimum atomic E-state index is -0.240. The van der Waals surface area contributed by atoms with E-state index in [-0.39, 0.29) is 10.8 Å². The van der Waals surface area contributed by atoms with Crippen molar-refractivity contribution >= 4 is 33.8 Å². The quantitative estimate of drug-likeness (QED) is 0.161. The highest BCUT2D eigenvalue weighted by Gasteiger charge is 2.53. The fraction of sp³-hybridized carbons (Fsp3) is 0.156. The second kappa shape index (κ2) is 14.7. The summed E-state index contributed by atoms with van der Waals surface area (Å²) >= 11 is 0. The fourth-order valence-corrected chi connectivity index (χ4v) is 12.6.